The van der Waals surface area contributed by atoms with Crippen LogP contribution in [0.15, 0.2) is 48.2 Å². The zero-order valence-corrected chi connectivity index (χ0v) is 17.8. The van der Waals surface area contributed by atoms with Crippen molar-refractivity contribution in [3.63, 3.8) is 0 Å². The normalized spacial score (nSPS) is 11.9. The van der Waals surface area contributed by atoms with E-state index >= 15 is 0 Å². The van der Waals surface area contributed by atoms with Crippen LogP contribution < -0.4 is 16.0 Å². The minimum Gasteiger partial charge on any atom is -0.396 e. The molecule has 0 bridgehead atoms. The quantitative estimate of drug-likeness (QED) is 0.341. The molecule has 8 nitrogen and oxygen atoms in total. The second-order valence-electron chi connectivity index (χ2n) is 6.63. The van der Waals surface area contributed by atoms with E-state index in [9.17, 15) is 9.90 Å². The van der Waals surface area contributed by atoms with E-state index in [1.54, 1.807) is 17.5 Å². The molecule has 0 spiro atoms. The molecule has 0 fully saturated rings. The van der Waals surface area contributed by atoms with E-state index in [-0.39, 0.29) is 18.6 Å². The number of aliphatic hydroxyl groups is 1. The lowest BCUT2D eigenvalue weighted by atomic mass is 10.1. The molecule has 0 aliphatic carbocycles. The standard InChI is InChI=1S/C20H20N6O2S2/c1-12-3-2-4-14(7-12)25-19(28)26-20-22-9-16(30-20)13(10-27)8-21-18-17-15(5-6-29-17)23-11-24-18/h2-7,9,11,13,27H,8,10H2,1H3,(H,21,23,24)(H2,22,25,26,28). The number of amides is 2. The molecule has 154 valence electrons. The summed E-state index contributed by atoms with van der Waals surface area (Å²) in [5, 5.41) is 21.1. The maximum Gasteiger partial charge on any atom is 0.325 e. The van der Waals surface area contributed by atoms with Crippen LogP contribution in [0.2, 0.25) is 0 Å². The first-order valence-electron chi connectivity index (χ1n) is 9.25. The highest BCUT2D eigenvalue weighted by molar-refractivity contribution is 7.17. The van der Waals surface area contributed by atoms with Crippen molar-refractivity contribution in [1.82, 2.24) is 15.0 Å². The molecular formula is C20H20N6O2S2. The van der Waals surface area contributed by atoms with Crippen LogP contribution in [-0.4, -0.2) is 39.2 Å². The number of urea groups is 1. The Morgan fingerprint density at radius 3 is 2.93 bits per heavy atom. The highest BCUT2D eigenvalue weighted by atomic mass is 32.1. The predicted octanol–water partition coefficient (Wildman–Crippen LogP) is 4.29. The maximum atomic E-state index is 12.2. The Bertz CT molecular complexity index is 1160. The number of carbonyl (C=O) groups excluding carboxylic acids is 1. The fraction of sp³-hybridized carbons (Fsp3) is 0.200. The number of hydrogen-bond acceptors (Lipinski definition) is 8. The van der Waals surface area contributed by atoms with Gasteiger partial charge >= 0.3 is 6.03 Å². The monoisotopic (exact) mass is 440 g/mol. The molecule has 0 saturated heterocycles. The van der Waals surface area contributed by atoms with Gasteiger partial charge in [0.2, 0.25) is 0 Å². The molecule has 0 saturated carbocycles. The molecule has 10 heteroatoms. The Hall–Kier alpha value is -3.08. The summed E-state index contributed by atoms with van der Waals surface area (Å²) in [5.41, 5.74) is 2.67. The summed E-state index contributed by atoms with van der Waals surface area (Å²) in [6, 6.07) is 9.14. The van der Waals surface area contributed by atoms with Gasteiger partial charge in [-0.05, 0) is 36.1 Å². The molecule has 4 aromatic rings. The van der Waals surface area contributed by atoms with Crippen molar-refractivity contribution in [1.29, 1.82) is 0 Å². The molecule has 1 unspecified atom stereocenters. The van der Waals surface area contributed by atoms with Crippen LogP contribution in [0.3, 0.4) is 0 Å². The fourth-order valence-corrected chi connectivity index (χ4v) is 4.62. The second-order valence-corrected chi connectivity index (χ2v) is 8.61. The van der Waals surface area contributed by atoms with Crippen molar-refractivity contribution in [3.8, 4) is 0 Å². The van der Waals surface area contributed by atoms with Gasteiger partial charge in [0, 0.05) is 29.2 Å². The van der Waals surface area contributed by atoms with Crippen molar-refractivity contribution in [3.05, 3.63) is 58.7 Å². The molecule has 0 aliphatic heterocycles. The summed E-state index contributed by atoms with van der Waals surface area (Å²) in [5.74, 6) is 0.566. The van der Waals surface area contributed by atoms with Gasteiger partial charge in [0.15, 0.2) is 5.13 Å². The molecule has 3 aromatic heterocycles. The fourth-order valence-electron chi connectivity index (χ4n) is 2.91. The Labute approximate surface area is 181 Å². The van der Waals surface area contributed by atoms with E-state index in [1.165, 1.54) is 17.7 Å². The summed E-state index contributed by atoms with van der Waals surface area (Å²) in [4.78, 5) is 25.9. The third-order valence-corrected chi connectivity index (χ3v) is 6.39. The lowest BCUT2D eigenvalue weighted by Crippen LogP contribution is -2.19. The van der Waals surface area contributed by atoms with Crippen LogP contribution in [-0.2, 0) is 0 Å². The van der Waals surface area contributed by atoms with E-state index in [0.29, 0.717) is 17.4 Å². The van der Waals surface area contributed by atoms with Gasteiger partial charge in [-0.3, -0.25) is 5.32 Å². The van der Waals surface area contributed by atoms with Crippen molar-refractivity contribution < 1.29 is 9.90 Å². The number of carbonyl (C=O) groups is 1. The lowest BCUT2D eigenvalue weighted by Gasteiger charge is -2.13. The first-order chi connectivity index (χ1) is 14.6. The third kappa shape index (κ3) is 4.73. The SMILES string of the molecule is Cc1cccc(NC(=O)Nc2ncc(C(CO)CNc3ncnc4ccsc34)s2)c1. The first-order valence-corrected chi connectivity index (χ1v) is 11.0. The molecular weight excluding hydrogens is 420 g/mol. The van der Waals surface area contributed by atoms with E-state index in [4.69, 9.17) is 0 Å². The van der Waals surface area contributed by atoms with Crippen LogP contribution in [0.1, 0.15) is 16.4 Å². The zero-order valence-electron chi connectivity index (χ0n) is 16.1. The molecule has 3 heterocycles. The van der Waals surface area contributed by atoms with Crippen molar-refractivity contribution in [2.75, 3.05) is 29.1 Å². The number of anilines is 3. The molecule has 4 rings (SSSR count). The lowest BCUT2D eigenvalue weighted by molar-refractivity contribution is 0.262. The van der Waals surface area contributed by atoms with Gasteiger partial charge in [-0.25, -0.2) is 19.7 Å². The van der Waals surface area contributed by atoms with Gasteiger partial charge in [-0.1, -0.05) is 12.1 Å². The largest absolute Gasteiger partial charge is 0.396 e. The topological polar surface area (TPSA) is 112 Å². The molecule has 2 amide bonds. The maximum absolute atomic E-state index is 12.2. The van der Waals surface area contributed by atoms with E-state index < -0.39 is 0 Å². The van der Waals surface area contributed by atoms with Gasteiger partial charge in [0.25, 0.3) is 0 Å². The summed E-state index contributed by atoms with van der Waals surface area (Å²) >= 11 is 2.90. The average molecular weight is 441 g/mol. The second kappa shape index (κ2) is 9.16. The van der Waals surface area contributed by atoms with Crippen molar-refractivity contribution >= 4 is 55.6 Å². The summed E-state index contributed by atoms with van der Waals surface area (Å²) in [6.45, 7) is 2.39. The Balaban J connectivity index is 1.37. The number of aromatic nitrogens is 3. The van der Waals surface area contributed by atoms with E-state index in [2.05, 4.69) is 30.9 Å². The molecule has 0 radical (unpaired) electrons. The van der Waals surface area contributed by atoms with Crippen LogP contribution in [0.4, 0.5) is 21.4 Å². The summed E-state index contributed by atoms with van der Waals surface area (Å²) in [7, 11) is 0. The number of hydrogen-bond donors (Lipinski definition) is 4. The van der Waals surface area contributed by atoms with Gasteiger partial charge in [-0.15, -0.1) is 22.7 Å². The molecule has 30 heavy (non-hydrogen) atoms. The highest BCUT2D eigenvalue weighted by Crippen LogP contribution is 2.28. The van der Waals surface area contributed by atoms with Gasteiger partial charge in [0.05, 0.1) is 16.8 Å². The molecule has 0 aliphatic rings. The number of nitrogens with zero attached hydrogens (tertiary/aromatic N) is 3. The predicted molar refractivity (Wildman–Crippen MR) is 122 cm³/mol. The summed E-state index contributed by atoms with van der Waals surface area (Å²) < 4.78 is 0.980. The van der Waals surface area contributed by atoms with Gasteiger partial charge in [-0.2, -0.15) is 0 Å². The van der Waals surface area contributed by atoms with Crippen LogP contribution in [0.25, 0.3) is 10.2 Å². The van der Waals surface area contributed by atoms with Gasteiger partial charge in [0.1, 0.15) is 12.1 Å². The number of benzene rings is 1. The highest BCUT2D eigenvalue weighted by Gasteiger charge is 2.16. The third-order valence-electron chi connectivity index (χ3n) is 4.40. The number of thiophene rings is 1. The van der Waals surface area contributed by atoms with E-state index in [1.807, 2.05) is 42.6 Å². The van der Waals surface area contributed by atoms with Crippen molar-refractivity contribution in [2.45, 2.75) is 12.8 Å². The number of aryl methyl sites for hydroxylation is 1. The zero-order chi connectivity index (χ0) is 20.9. The van der Waals surface area contributed by atoms with Crippen LogP contribution in [0, 0.1) is 6.92 Å². The number of fused-ring (bicyclic) bond motifs is 1. The van der Waals surface area contributed by atoms with Crippen LogP contribution >= 0.6 is 22.7 Å². The summed E-state index contributed by atoms with van der Waals surface area (Å²) in [6.07, 6.45) is 3.20. The molecule has 4 N–H and O–H groups in total. The minimum atomic E-state index is -0.360. The number of rotatable bonds is 7. The average Bonchev–Trinajstić information content (AvgIpc) is 3.38. The molecule has 1 aromatic carbocycles. The number of aliphatic hydroxyl groups excluding tert-OH is 1. The Morgan fingerprint density at radius 1 is 1.20 bits per heavy atom. The van der Waals surface area contributed by atoms with Gasteiger partial charge < -0.3 is 15.7 Å². The first kappa shape index (κ1) is 20.2. The smallest absolute Gasteiger partial charge is 0.325 e. The van der Waals surface area contributed by atoms with Crippen LogP contribution in [0.5, 0.6) is 0 Å². The molecule has 1 atom stereocenters. The minimum absolute atomic E-state index is 0.0528. The van der Waals surface area contributed by atoms with Crippen molar-refractivity contribution in [2.24, 2.45) is 0 Å². The number of thiazole rings is 1. The Kier molecular flexibility index (Phi) is 6.17. The number of nitrogens with one attached hydrogen (secondary N) is 3. The van der Waals surface area contributed by atoms with E-state index in [0.717, 1.165) is 26.5 Å². The Morgan fingerprint density at radius 2 is 2.10 bits per heavy atom.